The molecule has 1 heterocycles. The third-order valence-electron chi connectivity index (χ3n) is 2.82. The van der Waals surface area contributed by atoms with Crippen LogP contribution in [0, 0.1) is 0 Å². The highest BCUT2D eigenvalue weighted by molar-refractivity contribution is 6.09. The highest BCUT2D eigenvalue weighted by Crippen LogP contribution is 2.24. The molecule has 0 saturated carbocycles. The summed E-state index contributed by atoms with van der Waals surface area (Å²) in [6, 6.07) is 6.94. The molecule has 1 aromatic heterocycles. The smallest absolute Gasteiger partial charge is 0.339 e. The molecule has 0 radical (unpaired) electrons. The quantitative estimate of drug-likeness (QED) is 0.875. The van der Waals surface area contributed by atoms with Crippen LogP contribution >= 0.6 is 0 Å². The number of rotatable bonds is 5. The van der Waals surface area contributed by atoms with Crippen LogP contribution in [0.4, 0.5) is 5.69 Å². The maximum absolute atomic E-state index is 12.3. The maximum atomic E-state index is 12.3. The molecule has 0 fully saturated rings. The van der Waals surface area contributed by atoms with Gasteiger partial charge in [0.2, 0.25) is 0 Å². The van der Waals surface area contributed by atoms with Crippen molar-refractivity contribution in [3.63, 3.8) is 0 Å². The van der Waals surface area contributed by atoms with E-state index in [1.165, 1.54) is 11.7 Å². The van der Waals surface area contributed by atoms with Crippen LogP contribution < -0.4 is 10.1 Å². The number of aryl methyl sites for hydroxylation is 1. The van der Waals surface area contributed by atoms with Gasteiger partial charge in [-0.05, 0) is 19.1 Å². The second-order valence-electron chi connectivity index (χ2n) is 4.22. The molecule has 0 bridgehead atoms. The molecule has 2 aromatic rings. The van der Waals surface area contributed by atoms with E-state index in [1.807, 2.05) is 6.92 Å². The van der Waals surface area contributed by atoms with Gasteiger partial charge < -0.3 is 15.2 Å². The number of hydrogen-bond acceptors (Lipinski definition) is 4. The van der Waals surface area contributed by atoms with Crippen LogP contribution in [-0.2, 0) is 7.05 Å². The van der Waals surface area contributed by atoms with Gasteiger partial charge in [-0.3, -0.25) is 9.48 Å². The van der Waals surface area contributed by atoms with Gasteiger partial charge in [-0.2, -0.15) is 5.10 Å². The van der Waals surface area contributed by atoms with Crippen LogP contribution in [0.25, 0.3) is 0 Å². The van der Waals surface area contributed by atoms with Crippen LogP contribution in [0.15, 0.2) is 30.5 Å². The largest absolute Gasteiger partial charge is 0.492 e. The zero-order chi connectivity index (χ0) is 15.4. The van der Waals surface area contributed by atoms with Gasteiger partial charge >= 0.3 is 5.97 Å². The molecule has 2 N–H and O–H groups in total. The minimum absolute atomic E-state index is 0.0196. The van der Waals surface area contributed by atoms with Crippen molar-refractivity contribution in [1.29, 1.82) is 0 Å². The number of aromatic nitrogens is 2. The molecule has 7 nitrogen and oxygen atoms in total. The standard InChI is InChI=1S/C14H15N3O4/c1-3-21-11-7-5-4-6-10(11)16-13(18)12-9(14(19)20)8-15-17(12)2/h4-8H,3H2,1-2H3,(H,16,18)(H,19,20). The van der Waals surface area contributed by atoms with E-state index in [9.17, 15) is 9.59 Å². The molecular weight excluding hydrogens is 274 g/mol. The number of nitrogens with one attached hydrogen (secondary N) is 1. The number of carbonyl (C=O) groups excluding carboxylic acids is 1. The molecular formula is C14H15N3O4. The summed E-state index contributed by atoms with van der Waals surface area (Å²) in [6.07, 6.45) is 1.14. The summed E-state index contributed by atoms with van der Waals surface area (Å²) in [6.45, 7) is 2.29. The number of nitrogens with zero attached hydrogens (tertiary/aromatic N) is 2. The fraction of sp³-hybridized carbons (Fsp3) is 0.214. The van der Waals surface area contributed by atoms with Gasteiger partial charge in [0.1, 0.15) is 17.0 Å². The van der Waals surface area contributed by atoms with E-state index in [4.69, 9.17) is 9.84 Å². The Balaban J connectivity index is 2.31. The van der Waals surface area contributed by atoms with Gasteiger partial charge in [0.05, 0.1) is 18.5 Å². The summed E-state index contributed by atoms with van der Waals surface area (Å²) >= 11 is 0. The molecule has 2 rings (SSSR count). The van der Waals surface area contributed by atoms with E-state index in [0.717, 1.165) is 6.20 Å². The number of para-hydroxylation sites is 2. The third kappa shape index (κ3) is 3.02. The fourth-order valence-electron chi connectivity index (χ4n) is 1.90. The average molecular weight is 289 g/mol. The Morgan fingerprint density at radius 3 is 2.76 bits per heavy atom. The predicted molar refractivity (Wildman–Crippen MR) is 75.7 cm³/mol. The Hall–Kier alpha value is -2.83. The first kappa shape index (κ1) is 14.6. The monoisotopic (exact) mass is 289 g/mol. The van der Waals surface area contributed by atoms with E-state index in [-0.39, 0.29) is 11.3 Å². The number of amides is 1. The van der Waals surface area contributed by atoms with Crippen molar-refractivity contribution in [2.24, 2.45) is 7.05 Å². The van der Waals surface area contributed by atoms with Crippen LogP contribution in [0.1, 0.15) is 27.8 Å². The number of ether oxygens (including phenoxy) is 1. The highest BCUT2D eigenvalue weighted by Gasteiger charge is 2.22. The van der Waals surface area contributed by atoms with Crippen molar-refractivity contribution in [2.45, 2.75) is 6.92 Å². The molecule has 0 aliphatic heterocycles. The molecule has 0 aliphatic carbocycles. The second kappa shape index (κ2) is 6.08. The number of anilines is 1. The second-order valence-corrected chi connectivity index (χ2v) is 4.22. The lowest BCUT2D eigenvalue weighted by molar-refractivity contribution is 0.0692. The first-order chi connectivity index (χ1) is 10.0. The number of benzene rings is 1. The van der Waals surface area contributed by atoms with Gasteiger partial charge in [-0.1, -0.05) is 12.1 Å². The average Bonchev–Trinajstić information content (AvgIpc) is 2.83. The summed E-state index contributed by atoms with van der Waals surface area (Å²) in [5.74, 6) is -1.24. The van der Waals surface area contributed by atoms with E-state index < -0.39 is 11.9 Å². The maximum Gasteiger partial charge on any atom is 0.339 e. The predicted octanol–water partition coefficient (Wildman–Crippen LogP) is 1.77. The van der Waals surface area contributed by atoms with Gasteiger partial charge in [0.25, 0.3) is 5.91 Å². The van der Waals surface area contributed by atoms with Crippen LogP contribution in [-0.4, -0.2) is 33.4 Å². The molecule has 0 unspecified atom stereocenters. The lowest BCUT2D eigenvalue weighted by Gasteiger charge is -2.11. The number of hydrogen-bond donors (Lipinski definition) is 2. The summed E-state index contributed by atoms with van der Waals surface area (Å²) in [5, 5.41) is 15.5. The molecule has 110 valence electrons. The first-order valence-corrected chi connectivity index (χ1v) is 6.33. The molecule has 0 atom stereocenters. The highest BCUT2D eigenvalue weighted by atomic mass is 16.5. The molecule has 1 amide bonds. The first-order valence-electron chi connectivity index (χ1n) is 6.33. The Bertz CT molecular complexity index is 679. The Morgan fingerprint density at radius 2 is 2.10 bits per heavy atom. The third-order valence-corrected chi connectivity index (χ3v) is 2.82. The minimum Gasteiger partial charge on any atom is -0.492 e. The van der Waals surface area contributed by atoms with E-state index in [1.54, 1.807) is 24.3 Å². The Morgan fingerprint density at radius 1 is 1.38 bits per heavy atom. The molecule has 7 heteroatoms. The van der Waals surface area contributed by atoms with Crippen molar-refractivity contribution in [1.82, 2.24) is 9.78 Å². The van der Waals surface area contributed by atoms with Gasteiger partial charge in [-0.25, -0.2) is 4.79 Å². The number of carboxylic acid groups (broad SMARTS) is 1. The van der Waals surface area contributed by atoms with E-state index in [2.05, 4.69) is 10.4 Å². The number of carbonyl (C=O) groups is 2. The van der Waals surface area contributed by atoms with E-state index >= 15 is 0 Å². The Kier molecular flexibility index (Phi) is 4.22. The Labute approximate surface area is 121 Å². The zero-order valence-corrected chi connectivity index (χ0v) is 11.7. The minimum atomic E-state index is -1.20. The van der Waals surface area contributed by atoms with Crippen LogP contribution in [0.3, 0.4) is 0 Å². The van der Waals surface area contributed by atoms with Crippen molar-refractivity contribution in [3.05, 3.63) is 41.7 Å². The van der Waals surface area contributed by atoms with Gasteiger partial charge in [0.15, 0.2) is 0 Å². The van der Waals surface area contributed by atoms with Gasteiger partial charge in [0, 0.05) is 7.05 Å². The van der Waals surface area contributed by atoms with Crippen LogP contribution in [0.2, 0.25) is 0 Å². The van der Waals surface area contributed by atoms with Crippen molar-refractivity contribution >= 4 is 17.6 Å². The summed E-state index contributed by atoms with van der Waals surface area (Å²) < 4.78 is 6.63. The summed E-state index contributed by atoms with van der Waals surface area (Å²) in [5.41, 5.74) is 0.305. The number of aromatic carboxylic acids is 1. The zero-order valence-electron chi connectivity index (χ0n) is 11.7. The van der Waals surface area contributed by atoms with E-state index in [0.29, 0.717) is 18.0 Å². The normalized spacial score (nSPS) is 10.2. The molecule has 0 aliphatic rings. The molecule has 21 heavy (non-hydrogen) atoms. The van der Waals surface area contributed by atoms with Crippen molar-refractivity contribution < 1.29 is 19.4 Å². The molecule has 0 spiro atoms. The fourth-order valence-corrected chi connectivity index (χ4v) is 1.90. The van der Waals surface area contributed by atoms with Crippen LogP contribution in [0.5, 0.6) is 5.75 Å². The molecule has 0 saturated heterocycles. The van der Waals surface area contributed by atoms with Crippen molar-refractivity contribution in [3.8, 4) is 5.75 Å². The lowest BCUT2D eigenvalue weighted by Crippen LogP contribution is -2.19. The van der Waals surface area contributed by atoms with Gasteiger partial charge in [-0.15, -0.1) is 0 Å². The SMILES string of the molecule is CCOc1ccccc1NC(=O)c1c(C(=O)O)cnn1C. The van der Waals surface area contributed by atoms with Crippen molar-refractivity contribution in [2.75, 3.05) is 11.9 Å². The topological polar surface area (TPSA) is 93.4 Å². The molecule has 1 aromatic carbocycles. The summed E-state index contributed by atoms with van der Waals surface area (Å²) in [7, 11) is 1.51. The lowest BCUT2D eigenvalue weighted by atomic mass is 10.2. The number of carboxylic acids is 1. The summed E-state index contributed by atoms with van der Waals surface area (Å²) in [4.78, 5) is 23.4.